The third-order valence-corrected chi connectivity index (χ3v) is 6.04. The van der Waals surface area contributed by atoms with Gasteiger partial charge in [0.1, 0.15) is 17.2 Å². The highest BCUT2D eigenvalue weighted by Crippen LogP contribution is 2.24. The summed E-state index contributed by atoms with van der Waals surface area (Å²) in [6, 6.07) is 16.8. The molecule has 0 spiro atoms. The molecule has 0 aliphatic carbocycles. The van der Waals surface area contributed by atoms with E-state index in [2.05, 4.69) is 10.3 Å². The van der Waals surface area contributed by atoms with Crippen molar-refractivity contribution < 1.29 is 17.9 Å². The van der Waals surface area contributed by atoms with Crippen LogP contribution in [0, 0.1) is 6.92 Å². The summed E-state index contributed by atoms with van der Waals surface area (Å²) in [5.74, 6) is 0.225. The first kappa shape index (κ1) is 21.3. The summed E-state index contributed by atoms with van der Waals surface area (Å²) in [4.78, 5) is 16.6. The quantitative estimate of drug-likeness (QED) is 0.595. The van der Waals surface area contributed by atoms with Gasteiger partial charge in [-0.1, -0.05) is 17.7 Å². The predicted octanol–water partition coefficient (Wildman–Crippen LogP) is 3.62. The molecular weight excluding hydrogens is 402 g/mol. The lowest BCUT2D eigenvalue weighted by Gasteiger charge is -2.24. The molecule has 0 fully saturated rings. The van der Waals surface area contributed by atoms with E-state index in [1.54, 1.807) is 54.6 Å². The number of nitrogens with one attached hydrogen (secondary N) is 1. The summed E-state index contributed by atoms with van der Waals surface area (Å²) in [6.45, 7) is 3.96. The van der Waals surface area contributed by atoms with E-state index in [1.807, 2.05) is 13.8 Å². The Labute approximate surface area is 176 Å². The van der Waals surface area contributed by atoms with Crippen LogP contribution >= 0.6 is 0 Å². The number of amides is 1. The number of carbonyl (C=O) groups excluding carboxylic acids is 1. The summed E-state index contributed by atoms with van der Waals surface area (Å²) in [7, 11) is -3.98. The van der Waals surface area contributed by atoms with Gasteiger partial charge in [-0.3, -0.25) is 14.1 Å². The fraction of sp³-hybridized carbons (Fsp3) is 0.182. The fourth-order valence-electron chi connectivity index (χ4n) is 2.79. The Morgan fingerprint density at radius 3 is 2.37 bits per heavy atom. The van der Waals surface area contributed by atoms with E-state index in [0.717, 1.165) is 9.87 Å². The molecule has 3 rings (SSSR count). The SMILES string of the molecule is CCOc1ccc(NC(=O)CN(c2ccc(C)cc2)S(=O)(=O)c2cccnc2)cc1. The lowest BCUT2D eigenvalue weighted by atomic mass is 10.2. The molecule has 1 amide bonds. The number of hydrogen-bond acceptors (Lipinski definition) is 5. The molecule has 1 N–H and O–H groups in total. The maximum Gasteiger partial charge on any atom is 0.266 e. The maximum atomic E-state index is 13.2. The Hall–Kier alpha value is -3.39. The summed E-state index contributed by atoms with van der Waals surface area (Å²) in [5.41, 5.74) is 1.92. The van der Waals surface area contributed by atoms with E-state index in [9.17, 15) is 13.2 Å². The van der Waals surface area contributed by atoms with Crippen molar-refractivity contribution in [3.05, 3.63) is 78.6 Å². The van der Waals surface area contributed by atoms with Gasteiger partial charge < -0.3 is 10.1 Å². The number of ether oxygens (including phenoxy) is 1. The minimum absolute atomic E-state index is 0.0134. The highest BCUT2D eigenvalue weighted by molar-refractivity contribution is 7.92. The van der Waals surface area contributed by atoms with E-state index in [1.165, 1.54) is 18.5 Å². The highest BCUT2D eigenvalue weighted by atomic mass is 32.2. The number of carbonyl (C=O) groups is 1. The van der Waals surface area contributed by atoms with Crippen molar-refractivity contribution in [1.29, 1.82) is 0 Å². The van der Waals surface area contributed by atoms with Gasteiger partial charge in [-0.05, 0) is 62.4 Å². The predicted molar refractivity (Wildman–Crippen MR) is 116 cm³/mol. The minimum atomic E-state index is -3.98. The van der Waals surface area contributed by atoms with Crippen molar-refractivity contribution in [3.8, 4) is 5.75 Å². The van der Waals surface area contributed by atoms with Crippen molar-refractivity contribution in [2.45, 2.75) is 18.7 Å². The molecular formula is C22H23N3O4S. The smallest absolute Gasteiger partial charge is 0.266 e. The molecule has 0 aliphatic rings. The van der Waals surface area contributed by atoms with Crippen LogP contribution in [0.1, 0.15) is 12.5 Å². The minimum Gasteiger partial charge on any atom is -0.494 e. The molecule has 0 atom stereocenters. The zero-order chi connectivity index (χ0) is 21.6. The van der Waals surface area contributed by atoms with E-state index < -0.39 is 15.9 Å². The first-order valence-electron chi connectivity index (χ1n) is 9.42. The van der Waals surface area contributed by atoms with Crippen LogP contribution in [0.2, 0.25) is 0 Å². The third kappa shape index (κ3) is 5.15. The molecule has 0 saturated carbocycles. The Kier molecular flexibility index (Phi) is 6.68. The van der Waals surface area contributed by atoms with Gasteiger partial charge in [0, 0.05) is 18.1 Å². The standard InChI is InChI=1S/C22H23N3O4S/c1-3-29-20-12-8-18(9-13-20)24-22(26)16-25(19-10-6-17(2)7-11-19)30(27,28)21-5-4-14-23-15-21/h4-15H,3,16H2,1-2H3,(H,24,26). The van der Waals surface area contributed by atoms with Gasteiger partial charge in [0.05, 0.1) is 12.3 Å². The van der Waals surface area contributed by atoms with Gasteiger partial charge in [-0.15, -0.1) is 0 Å². The molecule has 3 aromatic rings. The first-order valence-corrected chi connectivity index (χ1v) is 10.9. The number of anilines is 2. The average molecular weight is 426 g/mol. The number of rotatable bonds is 8. The van der Waals surface area contributed by atoms with Crippen molar-refractivity contribution in [3.63, 3.8) is 0 Å². The van der Waals surface area contributed by atoms with Crippen LogP contribution in [0.3, 0.4) is 0 Å². The van der Waals surface area contributed by atoms with Crippen molar-refractivity contribution in [2.75, 3.05) is 22.8 Å². The average Bonchev–Trinajstić information content (AvgIpc) is 2.75. The molecule has 7 nitrogen and oxygen atoms in total. The van der Waals surface area contributed by atoms with Crippen LogP contribution in [0.4, 0.5) is 11.4 Å². The van der Waals surface area contributed by atoms with Crippen LogP contribution in [-0.2, 0) is 14.8 Å². The number of nitrogens with zero attached hydrogens (tertiary/aromatic N) is 2. The number of sulfonamides is 1. The normalized spacial score (nSPS) is 11.0. The molecule has 1 aromatic heterocycles. The first-order chi connectivity index (χ1) is 14.4. The van der Waals surface area contributed by atoms with Gasteiger partial charge >= 0.3 is 0 Å². The number of aryl methyl sites for hydroxylation is 1. The number of benzene rings is 2. The van der Waals surface area contributed by atoms with Crippen LogP contribution in [0.15, 0.2) is 78.0 Å². The van der Waals surface area contributed by atoms with E-state index in [-0.39, 0.29) is 11.4 Å². The molecule has 30 heavy (non-hydrogen) atoms. The maximum absolute atomic E-state index is 13.2. The Morgan fingerprint density at radius 2 is 1.77 bits per heavy atom. The van der Waals surface area contributed by atoms with Crippen LogP contribution in [-0.4, -0.2) is 32.5 Å². The van der Waals surface area contributed by atoms with Crippen molar-refractivity contribution >= 4 is 27.3 Å². The lowest BCUT2D eigenvalue weighted by Crippen LogP contribution is -2.38. The summed E-state index contributed by atoms with van der Waals surface area (Å²) >= 11 is 0. The molecule has 8 heteroatoms. The monoisotopic (exact) mass is 425 g/mol. The molecule has 0 bridgehead atoms. The highest BCUT2D eigenvalue weighted by Gasteiger charge is 2.27. The van der Waals surface area contributed by atoms with Crippen LogP contribution in [0.5, 0.6) is 5.75 Å². The zero-order valence-electron chi connectivity index (χ0n) is 16.8. The van der Waals surface area contributed by atoms with Crippen molar-refractivity contribution in [1.82, 2.24) is 4.98 Å². The summed E-state index contributed by atoms with van der Waals surface area (Å²) in [5, 5.41) is 2.73. The Bertz CT molecular complexity index is 1080. The summed E-state index contributed by atoms with van der Waals surface area (Å²) < 4.78 is 32.9. The summed E-state index contributed by atoms with van der Waals surface area (Å²) in [6.07, 6.45) is 2.76. The van der Waals surface area contributed by atoms with E-state index in [4.69, 9.17) is 4.74 Å². The second-order valence-corrected chi connectivity index (χ2v) is 8.40. The second kappa shape index (κ2) is 9.41. The third-order valence-electron chi connectivity index (χ3n) is 4.28. The molecule has 156 valence electrons. The van der Waals surface area contributed by atoms with Gasteiger partial charge in [-0.2, -0.15) is 0 Å². The van der Waals surface area contributed by atoms with Gasteiger partial charge in [0.15, 0.2) is 0 Å². The number of aromatic nitrogens is 1. The fourth-order valence-corrected chi connectivity index (χ4v) is 4.17. The van der Waals surface area contributed by atoms with Gasteiger partial charge in [0.25, 0.3) is 10.0 Å². The van der Waals surface area contributed by atoms with Crippen LogP contribution in [0.25, 0.3) is 0 Å². The molecule has 2 aromatic carbocycles. The molecule has 0 saturated heterocycles. The number of hydrogen-bond donors (Lipinski definition) is 1. The largest absolute Gasteiger partial charge is 0.494 e. The Morgan fingerprint density at radius 1 is 1.07 bits per heavy atom. The molecule has 0 radical (unpaired) electrons. The molecule has 0 unspecified atom stereocenters. The zero-order valence-corrected chi connectivity index (χ0v) is 17.6. The van der Waals surface area contributed by atoms with E-state index >= 15 is 0 Å². The van der Waals surface area contributed by atoms with Crippen LogP contribution < -0.4 is 14.4 Å². The lowest BCUT2D eigenvalue weighted by molar-refractivity contribution is -0.114. The Balaban J connectivity index is 1.85. The topological polar surface area (TPSA) is 88.6 Å². The number of pyridine rings is 1. The second-order valence-electron chi connectivity index (χ2n) is 6.54. The molecule has 1 heterocycles. The molecule has 0 aliphatic heterocycles. The van der Waals surface area contributed by atoms with Gasteiger partial charge in [-0.25, -0.2) is 8.42 Å². The van der Waals surface area contributed by atoms with Gasteiger partial charge in [0.2, 0.25) is 5.91 Å². The van der Waals surface area contributed by atoms with E-state index in [0.29, 0.717) is 23.7 Å². The van der Waals surface area contributed by atoms with Crippen molar-refractivity contribution in [2.24, 2.45) is 0 Å².